The number of hydrogen-bond donors (Lipinski definition) is 0. The van der Waals surface area contributed by atoms with Crippen LogP contribution in [0.3, 0.4) is 0 Å². The maximum atomic E-state index is 8.28. The largest absolute Gasteiger partial charge is 0.321 e. The Morgan fingerprint density at radius 3 is 2.67 bits per heavy atom. The SMILES string of the molecule is [N-]=[N+]=NCc1cccn1-c1ccccc1. The zero-order valence-corrected chi connectivity index (χ0v) is 8.11. The third-order valence-corrected chi connectivity index (χ3v) is 2.16. The van der Waals surface area contributed by atoms with E-state index in [-0.39, 0.29) is 0 Å². The molecule has 0 unspecified atom stereocenters. The van der Waals surface area contributed by atoms with E-state index in [0.29, 0.717) is 6.54 Å². The minimum absolute atomic E-state index is 0.373. The maximum absolute atomic E-state index is 8.28. The van der Waals surface area contributed by atoms with Crippen molar-refractivity contribution in [3.63, 3.8) is 0 Å². The quantitative estimate of drug-likeness (QED) is 0.413. The highest BCUT2D eigenvalue weighted by atomic mass is 15.1. The summed E-state index contributed by atoms with van der Waals surface area (Å²) in [7, 11) is 0. The Bertz CT molecular complexity index is 480. The first-order valence-electron chi connectivity index (χ1n) is 4.64. The van der Waals surface area contributed by atoms with Crippen LogP contribution in [-0.2, 0) is 6.54 Å². The van der Waals surface area contributed by atoms with E-state index in [0.717, 1.165) is 11.4 Å². The zero-order valence-electron chi connectivity index (χ0n) is 8.11. The molecule has 0 radical (unpaired) electrons. The summed E-state index contributed by atoms with van der Waals surface area (Å²) in [6.07, 6.45) is 1.96. The highest BCUT2D eigenvalue weighted by Gasteiger charge is 2.00. The summed E-state index contributed by atoms with van der Waals surface area (Å²) in [6, 6.07) is 13.8. The summed E-state index contributed by atoms with van der Waals surface area (Å²) in [5.41, 5.74) is 10.3. The van der Waals surface area contributed by atoms with Crippen molar-refractivity contribution in [2.24, 2.45) is 5.11 Å². The van der Waals surface area contributed by atoms with E-state index in [1.165, 1.54) is 0 Å². The molecule has 0 saturated carbocycles. The van der Waals surface area contributed by atoms with E-state index >= 15 is 0 Å². The Balaban J connectivity index is 2.37. The van der Waals surface area contributed by atoms with Gasteiger partial charge in [-0.15, -0.1) is 0 Å². The molecule has 1 aromatic carbocycles. The van der Waals surface area contributed by atoms with Gasteiger partial charge in [0, 0.05) is 22.5 Å². The van der Waals surface area contributed by atoms with Crippen molar-refractivity contribution in [1.29, 1.82) is 0 Å². The van der Waals surface area contributed by atoms with Gasteiger partial charge in [-0.2, -0.15) is 0 Å². The molecule has 1 aromatic heterocycles. The fourth-order valence-electron chi connectivity index (χ4n) is 1.49. The van der Waals surface area contributed by atoms with Crippen LogP contribution in [0.25, 0.3) is 16.1 Å². The van der Waals surface area contributed by atoms with Crippen LogP contribution >= 0.6 is 0 Å². The number of hydrogen-bond acceptors (Lipinski definition) is 1. The first kappa shape index (κ1) is 9.37. The molecule has 0 aliphatic rings. The monoisotopic (exact) mass is 198 g/mol. The number of rotatable bonds is 3. The smallest absolute Gasteiger partial charge is 0.0667 e. The molecule has 0 bridgehead atoms. The highest BCUT2D eigenvalue weighted by molar-refractivity contribution is 5.34. The third kappa shape index (κ3) is 2.00. The van der Waals surface area contributed by atoms with Crippen LogP contribution < -0.4 is 0 Å². The lowest BCUT2D eigenvalue weighted by molar-refractivity contribution is 0.904. The lowest BCUT2D eigenvalue weighted by atomic mass is 10.3. The van der Waals surface area contributed by atoms with Crippen LogP contribution in [0.1, 0.15) is 5.69 Å². The summed E-state index contributed by atoms with van der Waals surface area (Å²) in [6.45, 7) is 0.373. The molecule has 4 heteroatoms. The second kappa shape index (κ2) is 4.35. The van der Waals surface area contributed by atoms with Gasteiger partial charge in [0.1, 0.15) is 0 Å². The van der Waals surface area contributed by atoms with Gasteiger partial charge < -0.3 is 4.57 Å². The van der Waals surface area contributed by atoms with E-state index < -0.39 is 0 Å². The van der Waals surface area contributed by atoms with Crippen molar-refractivity contribution in [2.75, 3.05) is 0 Å². The van der Waals surface area contributed by atoms with Crippen molar-refractivity contribution >= 4 is 0 Å². The van der Waals surface area contributed by atoms with Gasteiger partial charge in [-0.3, -0.25) is 0 Å². The molecule has 74 valence electrons. The van der Waals surface area contributed by atoms with Crippen molar-refractivity contribution in [3.8, 4) is 5.69 Å². The predicted molar refractivity (Wildman–Crippen MR) is 58.6 cm³/mol. The Morgan fingerprint density at radius 2 is 1.93 bits per heavy atom. The second-order valence-electron chi connectivity index (χ2n) is 3.09. The van der Waals surface area contributed by atoms with E-state index in [1.54, 1.807) is 0 Å². The van der Waals surface area contributed by atoms with Crippen molar-refractivity contribution in [1.82, 2.24) is 4.57 Å². The molecule has 0 spiro atoms. The molecule has 0 aliphatic carbocycles. The lowest BCUT2D eigenvalue weighted by Gasteiger charge is -2.06. The lowest BCUT2D eigenvalue weighted by Crippen LogP contribution is -1.96. The third-order valence-electron chi connectivity index (χ3n) is 2.16. The van der Waals surface area contributed by atoms with Crippen LogP contribution in [0.15, 0.2) is 53.8 Å². The standard InChI is InChI=1S/C11H10N4/c12-14-13-9-11-7-4-8-15(11)10-5-2-1-3-6-10/h1-8H,9H2. The predicted octanol–water partition coefficient (Wildman–Crippen LogP) is 3.29. The Hall–Kier alpha value is -2.19. The van der Waals surface area contributed by atoms with E-state index in [9.17, 15) is 0 Å². The summed E-state index contributed by atoms with van der Waals surface area (Å²) in [5.74, 6) is 0. The van der Waals surface area contributed by atoms with Gasteiger partial charge in [0.05, 0.1) is 6.54 Å². The molecule has 0 atom stereocenters. The summed E-state index contributed by atoms with van der Waals surface area (Å²) >= 11 is 0. The van der Waals surface area contributed by atoms with Crippen LogP contribution in [0.2, 0.25) is 0 Å². The fraction of sp³-hybridized carbons (Fsp3) is 0.0909. The van der Waals surface area contributed by atoms with Gasteiger partial charge in [-0.05, 0) is 29.8 Å². The highest BCUT2D eigenvalue weighted by Crippen LogP contribution is 2.12. The Kier molecular flexibility index (Phi) is 2.72. The van der Waals surface area contributed by atoms with Gasteiger partial charge in [0.15, 0.2) is 0 Å². The minimum atomic E-state index is 0.373. The molecule has 0 amide bonds. The summed E-state index contributed by atoms with van der Waals surface area (Å²) in [5, 5.41) is 3.56. The Morgan fingerprint density at radius 1 is 1.13 bits per heavy atom. The van der Waals surface area contributed by atoms with Gasteiger partial charge in [-0.25, -0.2) is 0 Å². The second-order valence-corrected chi connectivity index (χ2v) is 3.09. The molecular weight excluding hydrogens is 188 g/mol. The molecule has 0 saturated heterocycles. The molecule has 15 heavy (non-hydrogen) atoms. The summed E-state index contributed by atoms with van der Waals surface area (Å²) in [4.78, 5) is 2.76. The van der Waals surface area contributed by atoms with Crippen molar-refractivity contribution in [3.05, 3.63) is 64.8 Å². The van der Waals surface area contributed by atoms with E-state index in [4.69, 9.17) is 5.53 Å². The van der Waals surface area contributed by atoms with Crippen LogP contribution in [0.5, 0.6) is 0 Å². The van der Waals surface area contributed by atoms with Gasteiger partial charge in [0.2, 0.25) is 0 Å². The van der Waals surface area contributed by atoms with Crippen LogP contribution in [0, 0.1) is 0 Å². The average Bonchev–Trinajstić information content (AvgIpc) is 2.75. The molecule has 2 aromatic rings. The van der Waals surface area contributed by atoms with Gasteiger partial charge in [0.25, 0.3) is 0 Å². The summed E-state index contributed by atoms with van der Waals surface area (Å²) < 4.78 is 2.01. The van der Waals surface area contributed by atoms with Gasteiger partial charge in [-0.1, -0.05) is 23.3 Å². The first-order valence-corrected chi connectivity index (χ1v) is 4.64. The number of benzene rings is 1. The Labute approximate surface area is 87.4 Å². The maximum Gasteiger partial charge on any atom is 0.0667 e. The zero-order chi connectivity index (χ0) is 10.5. The van der Waals surface area contributed by atoms with Crippen LogP contribution in [-0.4, -0.2) is 4.57 Å². The normalized spacial score (nSPS) is 9.60. The number of aromatic nitrogens is 1. The first-order chi connectivity index (χ1) is 7.42. The molecule has 1 heterocycles. The van der Waals surface area contributed by atoms with E-state index in [1.807, 2.05) is 53.2 Å². The molecular formula is C11H10N4. The number of nitrogens with zero attached hydrogens (tertiary/aromatic N) is 4. The topological polar surface area (TPSA) is 53.7 Å². The molecule has 4 nitrogen and oxygen atoms in total. The molecule has 0 aliphatic heterocycles. The minimum Gasteiger partial charge on any atom is -0.321 e. The van der Waals surface area contributed by atoms with Gasteiger partial charge >= 0.3 is 0 Å². The number of para-hydroxylation sites is 1. The molecule has 0 N–H and O–H groups in total. The van der Waals surface area contributed by atoms with E-state index in [2.05, 4.69) is 10.0 Å². The molecule has 2 rings (SSSR count). The van der Waals surface area contributed by atoms with Crippen molar-refractivity contribution in [2.45, 2.75) is 6.54 Å². The molecule has 0 fully saturated rings. The van der Waals surface area contributed by atoms with Crippen LogP contribution in [0.4, 0.5) is 0 Å². The fourth-order valence-corrected chi connectivity index (χ4v) is 1.49. The number of azide groups is 1. The average molecular weight is 198 g/mol. The van der Waals surface area contributed by atoms with Crippen molar-refractivity contribution < 1.29 is 0 Å².